The number of H-pyrrole nitrogens is 1. The summed E-state index contributed by atoms with van der Waals surface area (Å²) in [4.78, 5) is 65.8. The maximum atomic E-state index is 12.1. The van der Waals surface area contributed by atoms with Crippen LogP contribution < -0.4 is 16.1 Å². The first-order valence-corrected chi connectivity index (χ1v) is 13.0. The van der Waals surface area contributed by atoms with E-state index in [9.17, 15) is 33.1 Å². The number of phosphoric ester groups is 1. The molecule has 6 atom stereocenters. The molecule has 0 radical (unpaired) electrons. The number of aromatic amines is 1. The van der Waals surface area contributed by atoms with Crippen molar-refractivity contribution < 1.29 is 55.9 Å². The maximum absolute atomic E-state index is 12.1. The Kier molecular flexibility index (Phi) is 8.95. The van der Waals surface area contributed by atoms with Gasteiger partial charge in [-0.3, -0.25) is 23.4 Å². The second-order valence-corrected chi connectivity index (χ2v) is 10.6. The fourth-order valence-electron chi connectivity index (χ4n) is 2.62. The van der Waals surface area contributed by atoms with Crippen LogP contribution in [-0.4, -0.2) is 49.8 Å². The van der Waals surface area contributed by atoms with Crippen LogP contribution in [0.2, 0.25) is 0 Å². The molecule has 2 heterocycles. The molecule has 0 bridgehead atoms. The van der Waals surface area contributed by atoms with Gasteiger partial charge in [0.05, 0.1) is 12.7 Å². The lowest BCUT2D eigenvalue weighted by Gasteiger charge is -2.22. The molecule has 0 aliphatic carbocycles. The monoisotopic (exact) mass is 536 g/mol. The Morgan fingerprint density at radius 1 is 1.30 bits per heavy atom. The van der Waals surface area contributed by atoms with Gasteiger partial charge in [-0.15, -0.1) is 0 Å². The zero-order valence-electron chi connectivity index (χ0n) is 16.4. The molecule has 1 aliphatic heterocycles. The molecule has 22 heteroatoms. The Balaban J connectivity index is 2.16. The van der Waals surface area contributed by atoms with E-state index in [1.54, 1.807) is 0 Å². The minimum Gasteiger partial charge on any atom is -0.756 e. The summed E-state index contributed by atoms with van der Waals surface area (Å²) >= 11 is 0. The number of hydrogen-bond donors (Lipinski definition) is 4. The molecule has 1 aromatic heterocycles. The number of aromatic nitrogens is 2. The molecule has 33 heavy (non-hydrogen) atoms. The van der Waals surface area contributed by atoms with E-state index in [1.807, 2.05) is 0 Å². The van der Waals surface area contributed by atoms with Crippen molar-refractivity contribution in [3.8, 4) is 0 Å². The summed E-state index contributed by atoms with van der Waals surface area (Å²) in [7, 11) is -17.1. The fourth-order valence-corrected chi connectivity index (χ4v) is 5.62. The summed E-state index contributed by atoms with van der Waals surface area (Å²) in [5.41, 5.74) is 7.05. The number of nitrogens with one attached hydrogen (secondary N) is 1. The third-order valence-electron chi connectivity index (χ3n) is 3.86. The Bertz CT molecular complexity index is 1170. The van der Waals surface area contributed by atoms with E-state index >= 15 is 0 Å². The van der Waals surface area contributed by atoms with Gasteiger partial charge in [0, 0.05) is 23.1 Å². The van der Waals surface area contributed by atoms with Crippen molar-refractivity contribution in [2.75, 3.05) is 13.3 Å². The lowest BCUT2D eigenvalue weighted by Crippen LogP contribution is -2.33. The predicted molar refractivity (Wildman–Crippen MR) is 101 cm³/mol. The summed E-state index contributed by atoms with van der Waals surface area (Å²) < 4.78 is 57.2. The average molecular weight is 536 g/mol. The molecule has 0 saturated carbocycles. The summed E-state index contributed by atoms with van der Waals surface area (Å²) in [5, 5.41) is 3.15. The van der Waals surface area contributed by atoms with Crippen molar-refractivity contribution in [1.29, 1.82) is 0 Å². The van der Waals surface area contributed by atoms with Crippen LogP contribution in [0, 0.1) is 6.92 Å². The van der Waals surface area contributed by atoms with Crippen molar-refractivity contribution in [1.82, 2.24) is 9.55 Å². The van der Waals surface area contributed by atoms with Gasteiger partial charge < -0.3 is 29.0 Å². The molecule has 2 rings (SSSR count). The average Bonchev–Trinajstić information content (AvgIpc) is 3.03. The quantitative estimate of drug-likeness (QED) is 0.120. The SMILES string of the molecule is Cc1cn([C@@H]2C[C@H](OCN=[N+]=[N-])[C@H](COP(=O)(O)OP(=O)(O)OP(=O)([O-])O)O2)c(=O)[nH]c1=O. The Hall–Kier alpha value is -1.68. The number of nitrogens with zero attached hydrogens (tertiary/aromatic N) is 4. The fraction of sp³-hybridized carbons (Fsp3) is 0.636. The highest BCUT2D eigenvalue weighted by Gasteiger charge is 2.42. The van der Waals surface area contributed by atoms with Gasteiger partial charge in [0.15, 0.2) is 0 Å². The minimum absolute atomic E-state index is 0.0948. The van der Waals surface area contributed by atoms with Crippen LogP contribution in [0.3, 0.4) is 0 Å². The van der Waals surface area contributed by atoms with Crippen molar-refractivity contribution in [2.45, 2.75) is 31.8 Å². The van der Waals surface area contributed by atoms with Crippen LogP contribution in [0.15, 0.2) is 20.9 Å². The molecule has 1 aliphatic rings. The van der Waals surface area contributed by atoms with Crippen LogP contribution in [0.4, 0.5) is 0 Å². The van der Waals surface area contributed by atoms with Crippen LogP contribution in [-0.2, 0) is 36.3 Å². The second-order valence-electron chi connectivity index (χ2n) is 6.27. The van der Waals surface area contributed by atoms with Crippen LogP contribution in [0.25, 0.3) is 10.4 Å². The van der Waals surface area contributed by atoms with E-state index in [0.717, 1.165) is 4.57 Å². The van der Waals surface area contributed by atoms with E-state index in [-0.39, 0.29) is 12.0 Å². The highest BCUT2D eigenvalue weighted by Crippen LogP contribution is 2.65. The molecule has 1 saturated heterocycles. The minimum atomic E-state index is -5.81. The third-order valence-corrected chi connectivity index (χ3v) is 7.64. The lowest BCUT2D eigenvalue weighted by atomic mass is 10.2. The first-order chi connectivity index (χ1) is 15.1. The normalized spacial score (nSPS) is 26.0. The molecular formula is C11H17N5O14P3-. The Morgan fingerprint density at radius 2 is 1.97 bits per heavy atom. The third kappa shape index (κ3) is 8.55. The second kappa shape index (κ2) is 10.7. The van der Waals surface area contributed by atoms with E-state index in [1.165, 1.54) is 13.1 Å². The van der Waals surface area contributed by atoms with Crippen LogP contribution in [0.5, 0.6) is 0 Å². The van der Waals surface area contributed by atoms with E-state index in [2.05, 4.69) is 28.2 Å². The summed E-state index contributed by atoms with van der Waals surface area (Å²) in [6.07, 6.45) is -2.26. The summed E-state index contributed by atoms with van der Waals surface area (Å²) in [6, 6.07) is 0. The highest BCUT2D eigenvalue weighted by molar-refractivity contribution is 7.66. The van der Waals surface area contributed by atoms with Gasteiger partial charge in [-0.25, -0.2) is 18.2 Å². The number of ether oxygens (including phenoxy) is 2. The molecular weight excluding hydrogens is 519 g/mol. The zero-order valence-corrected chi connectivity index (χ0v) is 19.1. The molecule has 1 fully saturated rings. The molecule has 1 aromatic rings. The molecule has 3 unspecified atom stereocenters. The van der Waals surface area contributed by atoms with Crippen LogP contribution >= 0.6 is 23.5 Å². The number of rotatable bonds is 11. The molecule has 186 valence electrons. The van der Waals surface area contributed by atoms with E-state index < -0.39 is 66.5 Å². The smallest absolute Gasteiger partial charge is 0.487 e. The van der Waals surface area contributed by atoms with Gasteiger partial charge >= 0.3 is 21.3 Å². The predicted octanol–water partition coefficient (Wildman–Crippen LogP) is -0.503. The van der Waals surface area contributed by atoms with Crippen molar-refractivity contribution >= 4 is 23.5 Å². The largest absolute Gasteiger partial charge is 0.756 e. The van der Waals surface area contributed by atoms with E-state index in [0.29, 0.717) is 0 Å². The highest BCUT2D eigenvalue weighted by atomic mass is 31.3. The first kappa shape index (κ1) is 27.6. The number of azide groups is 1. The van der Waals surface area contributed by atoms with Gasteiger partial charge in [-0.1, -0.05) is 5.11 Å². The maximum Gasteiger partial charge on any atom is 0.487 e. The van der Waals surface area contributed by atoms with E-state index in [4.69, 9.17) is 24.8 Å². The molecule has 4 N–H and O–H groups in total. The lowest BCUT2D eigenvalue weighted by molar-refractivity contribution is -0.212. The Morgan fingerprint density at radius 3 is 2.58 bits per heavy atom. The molecule has 0 amide bonds. The van der Waals surface area contributed by atoms with Crippen molar-refractivity contribution in [3.05, 3.63) is 43.0 Å². The molecule has 19 nitrogen and oxygen atoms in total. The Labute approximate surface area is 182 Å². The molecule has 0 spiro atoms. The van der Waals surface area contributed by atoms with Crippen molar-refractivity contribution in [3.63, 3.8) is 0 Å². The van der Waals surface area contributed by atoms with Crippen molar-refractivity contribution in [2.24, 2.45) is 5.11 Å². The molecule has 0 aromatic carbocycles. The van der Waals surface area contributed by atoms with Gasteiger partial charge in [-0.05, 0) is 12.5 Å². The standard InChI is InChI=1S/C11H18N5O14P3/c1-6-3-16(11(18)14-10(6)17)9-2-7(26-5-13-15-12)8(28-9)4-27-32(22,23)30-33(24,25)29-31(19,20)21/h3,7-9H,2,4-5H2,1H3,(H,22,23)(H,24,25)(H,14,17,18)(H2,19,20,21)/p-1/t7-,8-,9-/m0/s1. The van der Waals surface area contributed by atoms with Gasteiger partial charge in [0.1, 0.15) is 19.1 Å². The van der Waals surface area contributed by atoms with Gasteiger partial charge in [0.25, 0.3) is 13.4 Å². The van der Waals surface area contributed by atoms with Gasteiger partial charge in [-0.2, -0.15) is 4.31 Å². The number of aryl methyl sites for hydroxylation is 1. The number of phosphoric acid groups is 3. The topological polar surface area (TPSA) is 285 Å². The number of hydrogen-bond acceptors (Lipinski definition) is 12. The van der Waals surface area contributed by atoms with Gasteiger partial charge in [0.2, 0.25) is 0 Å². The summed E-state index contributed by atoms with van der Waals surface area (Å²) in [5.74, 6) is 0. The summed E-state index contributed by atoms with van der Waals surface area (Å²) in [6.45, 7) is 0.0354. The zero-order chi connectivity index (χ0) is 25.0. The van der Waals surface area contributed by atoms with Crippen LogP contribution in [0.1, 0.15) is 18.2 Å². The first-order valence-electron chi connectivity index (χ1n) is 8.49.